The van der Waals surface area contributed by atoms with Gasteiger partial charge in [0.25, 0.3) is 5.91 Å². The first-order valence-corrected chi connectivity index (χ1v) is 19.7. The first-order chi connectivity index (χ1) is 25.4. The van der Waals surface area contributed by atoms with E-state index in [9.17, 15) is 19.5 Å². The fourth-order valence-electron chi connectivity index (χ4n) is 8.32. The van der Waals surface area contributed by atoms with Crippen LogP contribution in [-0.4, -0.2) is 94.0 Å². The number of hydrogen-bond acceptors (Lipinski definition) is 7. The average Bonchev–Trinajstić information content (AvgIpc) is 3.74. The normalized spacial score (nSPS) is 25.4. The van der Waals surface area contributed by atoms with Gasteiger partial charge in [0.15, 0.2) is 0 Å². The summed E-state index contributed by atoms with van der Waals surface area (Å²) >= 11 is 10.5. The summed E-state index contributed by atoms with van der Waals surface area (Å²) in [6.07, 6.45) is 5.61. The van der Waals surface area contributed by atoms with E-state index in [1.165, 1.54) is 0 Å². The number of aryl methyl sites for hydroxylation is 1. The minimum Gasteiger partial charge on any atom is -0.455 e. The van der Waals surface area contributed by atoms with Gasteiger partial charge in [0.2, 0.25) is 11.8 Å². The van der Waals surface area contributed by atoms with E-state index in [0.29, 0.717) is 42.0 Å². The van der Waals surface area contributed by atoms with Crippen molar-refractivity contribution in [2.75, 3.05) is 31.6 Å². The van der Waals surface area contributed by atoms with Crippen LogP contribution in [0.4, 0.5) is 5.69 Å². The molecule has 10 nitrogen and oxygen atoms in total. The maximum Gasteiger partial charge on any atom is 0.313 e. The van der Waals surface area contributed by atoms with E-state index in [2.05, 4.69) is 29.1 Å². The molecule has 0 saturated carbocycles. The van der Waals surface area contributed by atoms with Gasteiger partial charge in [-0.3, -0.25) is 19.2 Å². The predicted molar refractivity (Wildman–Crippen MR) is 209 cm³/mol. The van der Waals surface area contributed by atoms with Crippen LogP contribution >= 0.6 is 27.5 Å². The van der Waals surface area contributed by atoms with E-state index in [1.54, 1.807) is 40.0 Å². The minimum absolute atomic E-state index is 0.0790. The molecule has 1 spiro atoms. The first-order valence-electron chi connectivity index (χ1n) is 18.5. The maximum atomic E-state index is 15.0. The van der Waals surface area contributed by atoms with E-state index in [-0.39, 0.29) is 48.7 Å². The molecular weight excluding hydrogens is 762 g/mol. The van der Waals surface area contributed by atoms with Crippen molar-refractivity contribution in [2.24, 2.45) is 11.8 Å². The third-order valence-corrected chi connectivity index (χ3v) is 12.2. The molecule has 53 heavy (non-hydrogen) atoms. The van der Waals surface area contributed by atoms with Crippen molar-refractivity contribution in [2.45, 2.75) is 93.5 Å². The molecule has 5 rings (SSSR count). The molecule has 8 atom stereocenters. The highest BCUT2D eigenvalue weighted by Gasteiger charge is 2.77. The zero-order valence-corrected chi connectivity index (χ0v) is 33.1. The van der Waals surface area contributed by atoms with Crippen molar-refractivity contribution in [3.05, 3.63) is 90.0 Å². The number of fused-ring (bicyclic) bond motifs is 1. The number of rotatable bonds is 18. The number of nitrogens with zero attached hydrogens (tertiary/aromatic N) is 3. The summed E-state index contributed by atoms with van der Waals surface area (Å²) in [5.74, 6) is -3.41. The molecule has 2 aromatic carbocycles. The number of hydrogen-bond donors (Lipinski definition) is 1. The molecule has 3 heterocycles. The fourth-order valence-corrected chi connectivity index (χ4v) is 9.59. The Kier molecular flexibility index (Phi) is 13.6. The number of unbranched alkanes of at least 4 members (excludes halogenated alkanes) is 3. The quantitative estimate of drug-likeness (QED) is 0.0785. The smallest absolute Gasteiger partial charge is 0.313 e. The zero-order chi connectivity index (χ0) is 38.4. The van der Waals surface area contributed by atoms with Crippen LogP contribution in [0, 0.1) is 18.8 Å². The Balaban J connectivity index is 1.52. The number of ether oxygens (including phenoxy) is 2. The maximum absolute atomic E-state index is 15.0. The lowest BCUT2D eigenvalue weighted by Gasteiger charge is -2.38. The molecule has 2 bridgehead atoms. The molecule has 3 aliphatic heterocycles. The number of para-hydroxylation sites is 1. The standard InChI is InChI=1S/C41H51BrClN3O7/c1-6-8-21-31(48)44(5)27(4)35(28-18-12-11-13-19-28)52-40(51)32-33-38(49)46(23-14-9-10-15-24-47)37(41(33)25-29(42)36(32)53-41)39(50)45(22-7-2)34-26(3)17-16-20-30(34)43/h6-7,11-13,16-20,27,29,32-33,35-37,47H,1-2,8-10,14-15,21-25H2,3-5H3/t27-,29?,32+,33-,35+,36+,37+,41-/m1/s1. The summed E-state index contributed by atoms with van der Waals surface area (Å²) in [6.45, 7) is 11.8. The monoisotopic (exact) mass is 811 g/mol. The van der Waals surface area contributed by atoms with Crippen molar-refractivity contribution in [1.29, 1.82) is 0 Å². The lowest BCUT2D eigenvalue weighted by atomic mass is 9.70. The number of carbonyl (C=O) groups is 4. The first kappa shape index (κ1) is 40.7. The average molecular weight is 813 g/mol. The van der Waals surface area contributed by atoms with Crippen LogP contribution in [0.1, 0.15) is 69.1 Å². The number of halogens is 2. The van der Waals surface area contributed by atoms with Crippen molar-refractivity contribution in [3.63, 3.8) is 0 Å². The van der Waals surface area contributed by atoms with E-state index in [1.807, 2.05) is 56.3 Å². The number of anilines is 1. The molecule has 3 aliphatic rings. The van der Waals surface area contributed by atoms with Gasteiger partial charge >= 0.3 is 5.97 Å². The molecule has 3 fully saturated rings. The van der Waals surface area contributed by atoms with Gasteiger partial charge in [-0.2, -0.15) is 0 Å². The number of likely N-dealkylation sites (N-methyl/N-ethyl adjacent to an activating group) is 1. The van der Waals surface area contributed by atoms with Crippen molar-refractivity contribution >= 4 is 56.9 Å². The minimum atomic E-state index is -1.32. The molecule has 0 aliphatic carbocycles. The molecule has 3 amide bonds. The van der Waals surface area contributed by atoms with Crippen molar-refractivity contribution in [1.82, 2.24) is 9.80 Å². The molecule has 1 N–H and O–H groups in total. The van der Waals surface area contributed by atoms with Gasteiger partial charge in [-0.15, -0.1) is 13.2 Å². The zero-order valence-electron chi connectivity index (χ0n) is 30.8. The van der Waals surface area contributed by atoms with Crippen LogP contribution in [0.5, 0.6) is 0 Å². The number of benzene rings is 2. The molecule has 3 saturated heterocycles. The number of aliphatic hydroxyl groups is 1. The van der Waals surface area contributed by atoms with E-state index < -0.39 is 47.7 Å². The summed E-state index contributed by atoms with van der Waals surface area (Å²) in [6, 6.07) is 13.1. The second kappa shape index (κ2) is 17.8. The summed E-state index contributed by atoms with van der Waals surface area (Å²) in [5.41, 5.74) is 0.699. The number of esters is 1. The Morgan fingerprint density at radius 3 is 2.49 bits per heavy atom. The third kappa shape index (κ3) is 8.00. The van der Waals surface area contributed by atoms with Crippen molar-refractivity contribution < 1.29 is 33.8 Å². The highest BCUT2D eigenvalue weighted by atomic mass is 79.9. The Bertz CT molecular complexity index is 1660. The van der Waals surface area contributed by atoms with Gasteiger partial charge in [-0.25, -0.2) is 0 Å². The van der Waals surface area contributed by atoms with E-state index in [0.717, 1.165) is 18.4 Å². The molecule has 12 heteroatoms. The number of allylic oxidation sites excluding steroid dienone is 1. The lowest BCUT2D eigenvalue weighted by Crippen LogP contribution is -2.57. The fraction of sp³-hybridized carbons (Fsp3) is 0.512. The summed E-state index contributed by atoms with van der Waals surface area (Å²) in [7, 11) is 1.69. The Morgan fingerprint density at radius 2 is 1.83 bits per heavy atom. The second-order valence-corrected chi connectivity index (χ2v) is 15.9. The lowest BCUT2D eigenvalue weighted by molar-refractivity contribution is -0.164. The third-order valence-electron chi connectivity index (χ3n) is 11.0. The number of likely N-dealkylation sites (tertiary alicyclic amines) is 1. The second-order valence-electron chi connectivity index (χ2n) is 14.3. The highest BCUT2D eigenvalue weighted by Crippen LogP contribution is 2.61. The number of carbonyl (C=O) groups excluding carboxylic acids is 4. The van der Waals surface area contributed by atoms with Crippen LogP contribution < -0.4 is 4.90 Å². The van der Waals surface area contributed by atoms with Gasteiger partial charge in [0.05, 0.1) is 34.7 Å². The van der Waals surface area contributed by atoms with Gasteiger partial charge in [-0.05, 0) is 56.7 Å². The van der Waals surface area contributed by atoms with Crippen molar-refractivity contribution in [3.8, 4) is 0 Å². The molecule has 1 unspecified atom stereocenters. The van der Waals surface area contributed by atoms with Crippen LogP contribution in [0.3, 0.4) is 0 Å². The highest BCUT2D eigenvalue weighted by molar-refractivity contribution is 9.09. The van der Waals surface area contributed by atoms with Gasteiger partial charge in [0.1, 0.15) is 17.7 Å². The molecular formula is C41H51BrClN3O7. The van der Waals surface area contributed by atoms with Crippen LogP contribution in [0.15, 0.2) is 73.8 Å². The molecule has 0 radical (unpaired) electrons. The summed E-state index contributed by atoms with van der Waals surface area (Å²) in [5, 5.41) is 9.71. The number of amides is 3. The predicted octanol–water partition coefficient (Wildman–Crippen LogP) is 6.57. The van der Waals surface area contributed by atoms with Gasteiger partial charge < -0.3 is 29.3 Å². The van der Waals surface area contributed by atoms with Gasteiger partial charge in [-0.1, -0.05) is 95.0 Å². The van der Waals surface area contributed by atoms with Crippen LogP contribution in [-0.2, 0) is 28.7 Å². The van der Waals surface area contributed by atoms with E-state index in [4.69, 9.17) is 21.1 Å². The summed E-state index contributed by atoms with van der Waals surface area (Å²) in [4.78, 5) is 61.9. The van der Waals surface area contributed by atoms with E-state index >= 15 is 4.79 Å². The molecule has 286 valence electrons. The Labute approximate surface area is 326 Å². The van der Waals surface area contributed by atoms with Crippen LogP contribution in [0.2, 0.25) is 5.02 Å². The molecule has 0 aromatic heterocycles. The largest absolute Gasteiger partial charge is 0.455 e. The topological polar surface area (TPSA) is 117 Å². The van der Waals surface area contributed by atoms with Crippen LogP contribution in [0.25, 0.3) is 0 Å². The Hall–Kier alpha value is -3.51. The van der Waals surface area contributed by atoms with Gasteiger partial charge in [0, 0.05) is 38.0 Å². The Morgan fingerprint density at radius 1 is 1.11 bits per heavy atom. The SMILES string of the molecule is C=CCCC(=O)N(C)[C@H](C)[C@H](OC(=O)[C@@H]1[C@H]2O[C@@]3(CC2Br)[C@H](C(=O)N(CC=C)c2c(C)cccc2Cl)N(CCCCCCO)C(=O)[C@@H]13)c1ccccc1. The number of aliphatic hydroxyl groups excluding tert-OH is 1. The summed E-state index contributed by atoms with van der Waals surface area (Å²) < 4.78 is 13.2. The number of alkyl halides is 1. The molecule has 2 aromatic rings.